The number of ketones is 1. The molecule has 8 heteroatoms. The lowest BCUT2D eigenvalue weighted by atomic mass is 10.0. The standard InChI is InChI=1S/C19H25N5O2S/c20-19(21)22-11-5-9-14(23-17(26)12-6-1-2-7-12)16(25)18-24-13-8-3-4-10-15(13)27-18/h3-4,8,10,12,14H,1-2,5-7,9,11H2,(H,23,26)(H4,20,21,22)/t14-/m0/s1. The second kappa shape index (κ2) is 8.94. The zero-order valence-corrected chi connectivity index (χ0v) is 16.0. The molecule has 5 N–H and O–H groups in total. The molecule has 0 bridgehead atoms. The van der Waals surface area contributed by atoms with E-state index < -0.39 is 6.04 Å². The minimum Gasteiger partial charge on any atom is -0.370 e. The Kier molecular flexibility index (Phi) is 6.39. The van der Waals surface area contributed by atoms with Crippen LogP contribution >= 0.6 is 11.3 Å². The molecule has 1 saturated carbocycles. The van der Waals surface area contributed by atoms with Gasteiger partial charge in [-0.15, -0.1) is 11.3 Å². The van der Waals surface area contributed by atoms with E-state index in [1.165, 1.54) is 11.3 Å². The first-order chi connectivity index (χ1) is 13.0. The van der Waals surface area contributed by atoms with Crippen LogP contribution in [0.4, 0.5) is 0 Å². The first-order valence-corrected chi connectivity index (χ1v) is 10.1. The van der Waals surface area contributed by atoms with E-state index in [0.717, 1.165) is 35.9 Å². The van der Waals surface area contributed by atoms with Crippen LogP contribution in [0.3, 0.4) is 0 Å². The van der Waals surface area contributed by atoms with Crippen molar-refractivity contribution >= 4 is 39.2 Å². The predicted octanol–water partition coefficient (Wildman–Crippen LogP) is 2.21. The molecule has 1 atom stereocenters. The van der Waals surface area contributed by atoms with Crippen LogP contribution in [-0.2, 0) is 4.79 Å². The Morgan fingerprint density at radius 1 is 1.26 bits per heavy atom. The molecule has 1 aliphatic rings. The highest BCUT2D eigenvalue weighted by Crippen LogP contribution is 2.26. The fourth-order valence-corrected chi connectivity index (χ4v) is 4.34. The Morgan fingerprint density at radius 3 is 2.70 bits per heavy atom. The van der Waals surface area contributed by atoms with Gasteiger partial charge in [0.1, 0.15) is 0 Å². The number of para-hydroxylation sites is 1. The smallest absolute Gasteiger partial charge is 0.223 e. The molecular formula is C19H25N5O2S. The van der Waals surface area contributed by atoms with Gasteiger partial charge in [-0.25, -0.2) is 4.98 Å². The molecule has 3 rings (SSSR count). The van der Waals surface area contributed by atoms with Crippen molar-refractivity contribution in [3.8, 4) is 0 Å². The van der Waals surface area contributed by atoms with E-state index in [9.17, 15) is 9.59 Å². The molecule has 7 nitrogen and oxygen atoms in total. The van der Waals surface area contributed by atoms with Crippen molar-refractivity contribution in [2.24, 2.45) is 22.4 Å². The Morgan fingerprint density at radius 2 is 2.00 bits per heavy atom. The van der Waals surface area contributed by atoms with Crippen LogP contribution < -0.4 is 16.8 Å². The molecule has 1 aromatic carbocycles. The van der Waals surface area contributed by atoms with Gasteiger partial charge < -0.3 is 16.8 Å². The van der Waals surface area contributed by atoms with E-state index in [1.54, 1.807) is 0 Å². The summed E-state index contributed by atoms with van der Waals surface area (Å²) in [7, 11) is 0. The van der Waals surface area contributed by atoms with E-state index in [-0.39, 0.29) is 23.6 Å². The number of carbonyl (C=O) groups excluding carboxylic acids is 2. The number of fused-ring (bicyclic) bond motifs is 1. The predicted molar refractivity (Wildman–Crippen MR) is 108 cm³/mol. The molecule has 0 aliphatic heterocycles. The average Bonchev–Trinajstić information content (AvgIpc) is 3.32. The number of nitrogens with two attached hydrogens (primary N) is 2. The topological polar surface area (TPSA) is 123 Å². The maximum atomic E-state index is 13.0. The number of amides is 1. The maximum absolute atomic E-state index is 13.0. The van der Waals surface area contributed by atoms with Gasteiger partial charge in [0, 0.05) is 12.5 Å². The molecule has 0 spiro atoms. The summed E-state index contributed by atoms with van der Waals surface area (Å²) in [4.78, 5) is 34.0. The normalized spacial score (nSPS) is 15.6. The highest BCUT2D eigenvalue weighted by atomic mass is 32.1. The van der Waals surface area contributed by atoms with E-state index in [4.69, 9.17) is 11.5 Å². The van der Waals surface area contributed by atoms with Gasteiger partial charge in [-0.05, 0) is 37.8 Å². The molecule has 1 amide bonds. The minimum absolute atomic E-state index is 0.00775. The van der Waals surface area contributed by atoms with Crippen LogP contribution in [0.2, 0.25) is 0 Å². The second-order valence-electron chi connectivity index (χ2n) is 6.84. The SMILES string of the molecule is NC(N)=NCCC[C@H](NC(=O)C1CCCC1)C(=O)c1nc2ccccc2s1. The molecule has 0 saturated heterocycles. The van der Waals surface area contributed by atoms with Crippen molar-refractivity contribution in [1.29, 1.82) is 0 Å². The summed E-state index contributed by atoms with van der Waals surface area (Å²) in [6, 6.07) is 7.03. The Bertz CT molecular complexity index is 804. The van der Waals surface area contributed by atoms with Gasteiger partial charge in [-0.2, -0.15) is 0 Å². The molecule has 27 heavy (non-hydrogen) atoms. The molecule has 1 heterocycles. The highest BCUT2D eigenvalue weighted by Gasteiger charge is 2.29. The average molecular weight is 388 g/mol. The summed E-state index contributed by atoms with van der Waals surface area (Å²) in [6.45, 7) is 0.422. The summed E-state index contributed by atoms with van der Waals surface area (Å²) in [5.41, 5.74) is 11.5. The molecule has 1 aliphatic carbocycles. The number of nitrogens with one attached hydrogen (secondary N) is 1. The number of carbonyl (C=O) groups is 2. The number of thiazole rings is 1. The van der Waals surface area contributed by atoms with Crippen LogP contribution in [0.5, 0.6) is 0 Å². The first kappa shape index (κ1) is 19.3. The van der Waals surface area contributed by atoms with Crippen molar-refractivity contribution in [3.05, 3.63) is 29.3 Å². The fraction of sp³-hybridized carbons (Fsp3) is 0.474. The zero-order chi connectivity index (χ0) is 19.2. The van der Waals surface area contributed by atoms with Gasteiger partial charge in [0.2, 0.25) is 11.7 Å². The van der Waals surface area contributed by atoms with Crippen LogP contribution in [0.15, 0.2) is 29.3 Å². The number of rotatable bonds is 8. The van der Waals surface area contributed by atoms with Gasteiger partial charge in [0.05, 0.1) is 16.3 Å². The van der Waals surface area contributed by atoms with Crippen molar-refractivity contribution in [2.45, 2.75) is 44.6 Å². The molecule has 1 fully saturated rings. The Hall–Kier alpha value is -2.48. The number of aliphatic imine (C=N–C) groups is 1. The van der Waals surface area contributed by atoms with Crippen LogP contribution in [0.1, 0.15) is 48.3 Å². The number of Topliss-reactive ketones (excluding diaryl/α,β-unsaturated/α-hetero) is 1. The monoisotopic (exact) mass is 387 g/mol. The lowest BCUT2D eigenvalue weighted by molar-refractivity contribution is -0.125. The van der Waals surface area contributed by atoms with Crippen LogP contribution in [-0.4, -0.2) is 35.2 Å². The lowest BCUT2D eigenvalue weighted by Gasteiger charge is -2.18. The molecule has 1 aromatic heterocycles. The van der Waals surface area contributed by atoms with E-state index in [0.29, 0.717) is 24.4 Å². The maximum Gasteiger partial charge on any atom is 0.223 e. The zero-order valence-electron chi connectivity index (χ0n) is 15.2. The Labute approximate surface area is 162 Å². The quantitative estimate of drug-likeness (QED) is 0.277. The number of nitrogens with zero attached hydrogens (tertiary/aromatic N) is 2. The number of hydrogen-bond acceptors (Lipinski definition) is 5. The summed E-state index contributed by atoms with van der Waals surface area (Å²) in [5, 5.41) is 3.38. The number of aromatic nitrogens is 1. The third-order valence-electron chi connectivity index (χ3n) is 4.81. The first-order valence-electron chi connectivity index (χ1n) is 9.30. The number of benzene rings is 1. The van der Waals surface area contributed by atoms with Crippen LogP contribution in [0, 0.1) is 5.92 Å². The summed E-state index contributed by atoms with van der Waals surface area (Å²) in [6.07, 6.45) is 5.00. The lowest BCUT2D eigenvalue weighted by Crippen LogP contribution is -2.43. The molecule has 144 valence electrons. The summed E-state index contributed by atoms with van der Waals surface area (Å²) in [5.74, 6) is -0.145. The van der Waals surface area contributed by atoms with Crippen molar-refractivity contribution in [3.63, 3.8) is 0 Å². The van der Waals surface area contributed by atoms with Crippen molar-refractivity contribution in [2.75, 3.05) is 6.54 Å². The highest BCUT2D eigenvalue weighted by molar-refractivity contribution is 7.20. The van der Waals surface area contributed by atoms with E-state index in [1.807, 2.05) is 24.3 Å². The number of hydrogen-bond donors (Lipinski definition) is 3. The molecule has 2 aromatic rings. The van der Waals surface area contributed by atoms with Gasteiger partial charge in [0.15, 0.2) is 11.0 Å². The largest absolute Gasteiger partial charge is 0.370 e. The van der Waals surface area contributed by atoms with Crippen LogP contribution in [0.25, 0.3) is 10.2 Å². The third kappa shape index (κ3) is 5.03. The summed E-state index contributed by atoms with van der Waals surface area (Å²) >= 11 is 1.36. The molecule has 0 radical (unpaired) electrons. The van der Waals surface area contributed by atoms with Gasteiger partial charge >= 0.3 is 0 Å². The van der Waals surface area contributed by atoms with Gasteiger partial charge in [-0.3, -0.25) is 14.6 Å². The van der Waals surface area contributed by atoms with E-state index >= 15 is 0 Å². The molecule has 0 unspecified atom stereocenters. The fourth-order valence-electron chi connectivity index (χ4n) is 3.38. The summed E-state index contributed by atoms with van der Waals surface area (Å²) < 4.78 is 0.960. The van der Waals surface area contributed by atoms with E-state index in [2.05, 4.69) is 15.3 Å². The van der Waals surface area contributed by atoms with Gasteiger partial charge in [0.25, 0.3) is 0 Å². The number of guanidine groups is 1. The second-order valence-corrected chi connectivity index (χ2v) is 7.87. The Balaban J connectivity index is 1.73. The van der Waals surface area contributed by atoms with Crippen molar-refractivity contribution < 1.29 is 9.59 Å². The van der Waals surface area contributed by atoms with Crippen molar-refractivity contribution in [1.82, 2.24) is 10.3 Å². The third-order valence-corrected chi connectivity index (χ3v) is 5.86. The molecular weight excluding hydrogens is 362 g/mol. The van der Waals surface area contributed by atoms with Gasteiger partial charge in [-0.1, -0.05) is 25.0 Å². The minimum atomic E-state index is -0.604.